The van der Waals surface area contributed by atoms with Crippen molar-refractivity contribution in [3.8, 4) is 0 Å². The van der Waals surface area contributed by atoms with Gasteiger partial charge in [0.05, 0.1) is 11.9 Å². The number of carbonyl (C=O) groups is 1. The number of sulfonamides is 1. The minimum absolute atomic E-state index is 0.310. The van der Waals surface area contributed by atoms with Crippen LogP contribution in [0.4, 0.5) is 11.4 Å². The quantitative estimate of drug-likeness (QED) is 0.577. The lowest BCUT2D eigenvalue weighted by molar-refractivity contribution is -0.122. The van der Waals surface area contributed by atoms with Gasteiger partial charge in [-0.05, 0) is 49.2 Å². The van der Waals surface area contributed by atoms with E-state index in [2.05, 4.69) is 10.2 Å². The van der Waals surface area contributed by atoms with Crippen LogP contribution in [-0.2, 0) is 14.8 Å². The third-order valence-electron chi connectivity index (χ3n) is 4.58. The maximum Gasteiger partial charge on any atom is 0.243 e. The van der Waals surface area contributed by atoms with E-state index in [0.29, 0.717) is 23.7 Å². The Morgan fingerprint density at radius 2 is 1.69 bits per heavy atom. The van der Waals surface area contributed by atoms with Gasteiger partial charge in [0, 0.05) is 30.8 Å². The summed E-state index contributed by atoms with van der Waals surface area (Å²) < 4.78 is 26.0. The summed E-state index contributed by atoms with van der Waals surface area (Å²) >= 11 is 5.91. The summed E-state index contributed by atoms with van der Waals surface area (Å²) in [6.45, 7) is 3.03. The van der Waals surface area contributed by atoms with Crippen molar-refractivity contribution < 1.29 is 13.2 Å². The second-order valence-corrected chi connectivity index (χ2v) is 9.16. The van der Waals surface area contributed by atoms with Crippen LogP contribution in [-0.4, -0.2) is 46.8 Å². The number of anilines is 2. The molecule has 2 aromatic rings. The van der Waals surface area contributed by atoms with Crippen LogP contribution in [0.25, 0.3) is 0 Å². The molecule has 2 rings (SSSR count). The normalized spacial score (nSPS) is 12.3. The number of hydrogen-bond donors (Lipinski definition) is 1. The molecule has 29 heavy (non-hydrogen) atoms. The summed E-state index contributed by atoms with van der Waals surface area (Å²) in [5.41, 5.74) is 1.53. The molecule has 0 saturated heterocycles. The standard InChI is InChI=1S/C21H28ClN3O3S/c1-4-20(25(29(3,27)28)19-13-11-17(22)12-14-19)21(26)23-15-8-16-24(2)18-9-6-5-7-10-18/h5-7,9-14,20H,4,8,15-16H2,1-3H3,(H,23,26)/t20-/m0/s1. The van der Waals surface area contributed by atoms with Gasteiger partial charge in [-0.2, -0.15) is 0 Å². The van der Waals surface area contributed by atoms with Crippen LogP contribution in [0, 0.1) is 0 Å². The maximum atomic E-state index is 12.8. The van der Waals surface area contributed by atoms with Crippen molar-refractivity contribution in [3.63, 3.8) is 0 Å². The fraction of sp³-hybridized carbons (Fsp3) is 0.381. The number of nitrogens with one attached hydrogen (secondary N) is 1. The molecule has 0 radical (unpaired) electrons. The Bertz CT molecular complexity index is 889. The van der Waals surface area contributed by atoms with Crippen molar-refractivity contribution in [2.45, 2.75) is 25.8 Å². The zero-order valence-corrected chi connectivity index (χ0v) is 18.6. The molecule has 0 unspecified atom stereocenters. The largest absolute Gasteiger partial charge is 0.375 e. The number of benzene rings is 2. The predicted molar refractivity (Wildman–Crippen MR) is 120 cm³/mol. The summed E-state index contributed by atoms with van der Waals surface area (Å²) in [5.74, 6) is -0.310. The highest BCUT2D eigenvalue weighted by molar-refractivity contribution is 7.92. The molecule has 8 heteroatoms. The highest BCUT2D eigenvalue weighted by atomic mass is 35.5. The molecule has 2 aromatic carbocycles. The third-order valence-corrected chi connectivity index (χ3v) is 6.01. The number of rotatable bonds is 10. The van der Waals surface area contributed by atoms with Gasteiger partial charge in [0.2, 0.25) is 15.9 Å². The van der Waals surface area contributed by atoms with Crippen molar-refractivity contribution in [3.05, 3.63) is 59.6 Å². The molecule has 0 bridgehead atoms. The highest BCUT2D eigenvalue weighted by Crippen LogP contribution is 2.24. The van der Waals surface area contributed by atoms with Crippen molar-refractivity contribution in [2.24, 2.45) is 0 Å². The average Bonchev–Trinajstić information content (AvgIpc) is 2.69. The van der Waals surface area contributed by atoms with Crippen LogP contribution in [0.2, 0.25) is 5.02 Å². The second-order valence-electron chi connectivity index (χ2n) is 6.86. The third kappa shape index (κ3) is 6.65. The van der Waals surface area contributed by atoms with Gasteiger partial charge in [0.25, 0.3) is 0 Å². The lowest BCUT2D eigenvalue weighted by atomic mass is 10.2. The molecule has 1 amide bonds. The van der Waals surface area contributed by atoms with E-state index in [9.17, 15) is 13.2 Å². The molecule has 0 aliphatic carbocycles. The minimum atomic E-state index is -3.65. The number of halogens is 1. The number of carbonyl (C=O) groups excluding carboxylic acids is 1. The van der Waals surface area contributed by atoms with Crippen LogP contribution >= 0.6 is 11.6 Å². The monoisotopic (exact) mass is 437 g/mol. The zero-order chi connectivity index (χ0) is 21.4. The molecule has 0 saturated carbocycles. The van der Waals surface area contributed by atoms with E-state index in [-0.39, 0.29) is 5.91 Å². The summed E-state index contributed by atoms with van der Waals surface area (Å²) in [7, 11) is -1.65. The number of amides is 1. The van der Waals surface area contributed by atoms with E-state index < -0.39 is 16.1 Å². The van der Waals surface area contributed by atoms with E-state index >= 15 is 0 Å². The molecule has 0 aliphatic heterocycles. The summed E-state index contributed by atoms with van der Waals surface area (Å²) in [6.07, 6.45) is 2.20. The van der Waals surface area contributed by atoms with Crippen molar-refractivity contribution in [1.29, 1.82) is 0 Å². The first-order valence-electron chi connectivity index (χ1n) is 9.53. The fourth-order valence-corrected chi connectivity index (χ4v) is 4.44. The van der Waals surface area contributed by atoms with Crippen LogP contribution < -0.4 is 14.5 Å². The molecule has 0 spiro atoms. The maximum absolute atomic E-state index is 12.8. The highest BCUT2D eigenvalue weighted by Gasteiger charge is 2.31. The SMILES string of the molecule is CC[C@@H](C(=O)NCCCN(C)c1ccccc1)N(c1ccc(Cl)cc1)S(C)(=O)=O. The molecule has 0 aliphatic rings. The molecule has 0 heterocycles. The van der Waals surface area contributed by atoms with Crippen molar-refractivity contribution in [2.75, 3.05) is 35.6 Å². The van der Waals surface area contributed by atoms with Gasteiger partial charge in [-0.3, -0.25) is 9.10 Å². The van der Waals surface area contributed by atoms with Gasteiger partial charge in [-0.25, -0.2) is 8.42 Å². The van der Waals surface area contributed by atoms with Crippen molar-refractivity contribution in [1.82, 2.24) is 5.32 Å². The predicted octanol–water partition coefficient (Wildman–Crippen LogP) is 3.53. The first-order valence-corrected chi connectivity index (χ1v) is 11.8. The van der Waals surface area contributed by atoms with Gasteiger partial charge in [0.1, 0.15) is 6.04 Å². The first kappa shape index (κ1) is 23.0. The van der Waals surface area contributed by atoms with Crippen LogP contribution in [0.5, 0.6) is 0 Å². The number of nitrogens with zero attached hydrogens (tertiary/aromatic N) is 2. The smallest absolute Gasteiger partial charge is 0.243 e. The summed E-state index contributed by atoms with van der Waals surface area (Å²) in [5, 5.41) is 3.38. The Balaban J connectivity index is 1.99. The van der Waals surface area contributed by atoms with Gasteiger partial charge in [-0.1, -0.05) is 36.7 Å². The lowest BCUT2D eigenvalue weighted by Gasteiger charge is -2.30. The molecular weight excluding hydrogens is 410 g/mol. The fourth-order valence-electron chi connectivity index (χ4n) is 3.11. The van der Waals surface area contributed by atoms with E-state index in [1.807, 2.05) is 37.4 Å². The Morgan fingerprint density at radius 3 is 2.24 bits per heavy atom. The van der Waals surface area contributed by atoms with E-state index in [0.717, 1.165) is 29.2 Å². The molecule has 0 aromatic heterocycles. The molecule has 0 fully saturated rings. The van der Waals surface area contributed by atoms with Crippen LogP contribution in [0.1, 0.15) is 19.8 Å². The van der Waals surface area contributed by atoms with E-state index in [1.165, 1.54) is 0 Å². The van der Waals surface area contributed by atoms with Crippen LogP contribution in [0.3, 0.4) is 0 Å². The second kappa shape index (κ2) is 10.5. The summed E-state index contributed by atoms with van der Waals surface area (Å²) in [6, 6.07) is 15.6. The molecule has 6 nitrogen and oxygen atoms in total. The van der Waals surface area contributed by atoms with E-state index in [1.54, 1.807) is 31.2 Å². The van der Waals surface area contributed by atoms with Gasteiger partial charge in [0.15, 0.2) is 0 Å². The topological polar surface area (TPSA) is 69.7 Å². The van der Waals surface area contributed by atoms with Crippen molar-refractivity contribution >= 4 is 38.9 Å². The Hall–Kier alpha value is -2.25. The van der Waals surface area contributed by atoms with E-state index in [4.69, 9.17) is 11.6 Å². The average molecular weight is 438 g/mol. The summed E-state index contributed by atoms with van der Waals surface area (Å²) in [4.78, 5) is 14.9. The molecule has 1 atom stereocenters. The molecular formula is C21H28ClN3O3S. The number of hydrogen-bond acceptors (Lipinski definition) is 4. The Labute approximate surface area is 178 Å². The Kier molecular flexibility index (Phi) is 8.34. The lowest BCUT2D eigenvalue weighted by Crippen LogP contribution is -2.49. The zero-order valence-electron chi connectivity index (χ0n) is 17.0. The van der Waals surface area contributed by atoms with Gasteiger partial charge in [-0.15, -0.1) is 0 Å². The number of para-hydroxylation sites is 1. The van der Waals surface area contributed by atoms with Gasteiger partial charge >= 0.3 is 0 Å². The van der Waals surface area contributed by atoms with Crippen LogP contribution in [0.15, 0.2) is 54.6 Å². The first-order chi connectivity index (χ1) is 13.7. The molecule has 1 N–H and O–H groups in total. The minimum Gasteiger partial charge on any atom is -0.375 e. The van der Waals surface area contributed by atoms with Gasteiger partial charge < -0.3 is 10.2 Å². The Morgan fingerprint density at radius 1 is 1.07 bits per heavy atom. The molecule has 158 valence electrons.